The first-order valence-electron chi connectivity index (χ1n) is 9.70. The summed E-state index contributed by atoms with van der Waals surface area (Å²) < 4.78 is 5.38. The summed E-state index contributed by atoms with van der Waals surface area (Å²) in [5.41, 5.74) is 2.45. The van der Waals surface area contributed by atoms with E-state index in [4.69, 9.17) is 4.74 Å². The molecule has 2 aliphatic rings. The van der Waals surface area contributed by atoms with Gasteiger partial charge in [-0.1, -0.05) is 11.6 Å². The Hall–Kier alpha value is -1.50. The summed E-state index contributed by atoms with van der Waals surface area (Å²) in [5, 5.41) is 10.0. The highest BCUT2D eigenvalue weighted by Crippen LogP contribution is 2.34. The van der Waals surface area contributed by atoms with E-state index in [0.717, 1.165) is 76.7 Å². The Kier molecular flexibility index (Phi) is 6.62. The molecule has 1 atom stereocenters. The number of allylic oxidation sites excluding steroid dienone is 2. The van der Waals surface area contributed by atoms with Crippen molar-refractivity contribution in [3.8, 4) is 0 Å². The zero-order valence-corrected chi connectivity index (χ0v) is 16.2. The Morgan fingerprint density at radius 1 is 1.23 bits per heavy atom. The zero-order chi connectivity index (χ0) is 18.4. The number of aliphatic hydroxyl groups excluding tert-OH is 1. The minimum Gasteiger partial charge on any atom is -0.396 e. The van der Waals surface area contributed by atoms with Gasteiger partial charge in [-0.05, 0) is 39.7 Å². The van der Waals surface area contributed by atoms with Crippen LogP contribution < -0.4 is 4.90 Å². The Labute approximate surface area is 156 Å². The molecule has 1 aromatic heterocycles. The topological polar surface area (TPSA) is 61.7 Å². The molecule has 0 bridgehead atoms. The van der Waals surface area contributed by atoms with Crippen LogP contribution in [0, 0.1) is 5.41 Å². The van der Waals surface area contributed by atoms with Crippen LogP contribution in [0.1, 0.15) is 38.7 Å². The molecule has 1 aromatic rings. The molecule has 3 rings (SSSR count). The molecule has 0 aromatic carbocycles. The van der Waals surface area contributed by atoms with Crippen molar-refractivity contribution in [3.05, 3.63) is 29.6 Å². The molecule has 26 heavy (non-hydrogen) atoms. The molecule has 0 unspecified atom stereocenters. The molecule has 0 radical (unpaired) electrons. The Morgan fingerprint density at radius 3 is 2.62 bits per heavy atom. The number of aliphatic hydroxyl groups is 1. The van der Waals surface area contributed by atoms with Gasteiger partial charge in [0.25, 0.3) is 0 Å². The Morgan fingerprint density at radius 2 is 1.96 bits per heavy atom. The molecule has 3 heterocycles. The molecular formula is C20H32N4O2. The van der Waals surface area contributed by atoms with Gasteiger partial charge in [-0.15, -0.1) is 0 Å². The number of aromatic nitrogens is 2. The summed E-state index contributed by atoms with van der Waals surface area (Å²) in [4.78, 5) is 13.7. The zero-order valence-electron chi connectivity index (χ0n) is 16.2. The maximum Gasteiger partial charge on any atom is 0.225 e. The van der Waals surface area contributed by atoms with Crippen LogP contribution in [0.25, 0.3) is 0 Å². The maximum atomic E-state index is 10.0. The number of anilines is 1. The SMILES string of the molecule is CC(C)=CC[C@]1(CO)CCCN(Cc2cnc(N3CCOCC3)nc2)C1. The van der Waals surface area contributed by atoms with E-state index >= 15 is 0 Å². The van der Waals surface area contributed by atoms with Crippen LogP contribution in [-0.2, 0) is 11.3 Å². The number of hydrogen-bond donors (Lipinski definition) is 1. The fourth-order valence-electron chi connectivity index (χ4n) is 3.84. The van der Waals surface area contributed by atoms with Crippen molar-refractivity contribution in [2.45, 2.75) is 39.7 Å². The van der Waals surface area contributed by atoms with Gasteiger partial charge in [0.2, 0.25) is 5.95 Å². The predicted molar refractivity (Wildman–Crippen MR) is 103 cm³/mol. The van der Waals surface area contributed by atoms with Gasteiger partial charge in [-0.25, -0.2) is 9.97 Å². The average molecular weight is 361 g/mol. The number of hydrogen-bond acceptors (Lipinski definition) is 6. The molecular weight excluding hydrogens is 328 g/mol. The highest BCUT2D eigenvalue weighted by Gasteiger charge is 2.34. The third kappa shape index (κ3) is 5.02. The predicted octanol–water partition coefficient (Wildman–Crippen LogP) is 2.24. The van der Waals surface area contributed by atoms with Crippen LogP contribution in [-0.4, -0.2) is 66.0 Å². The lowest BCUT2D eigenvalue weighted by Gasteiger charge is -2.41. The normalized spacial score (nSPS) is 24.5. The van der Waals surface area contributed by atoms with Crippen molar-refractivity contribution in [3.63, 3.8) is 0 Å². The molecule has 2 fully saturated rings. The van der Waals surface area contributed by atoms with E-state index in [1.165, 1.54) is 5.57 Å². The van der Waals surface area contributed by atoms with Crippen LogP contribution in [0.15, 0.2) is 24.0 Å². The van der Waals surface area contributed by atoms with Crippen LogP contribution in [0.2, 0.25) is 0 Å². The van der Waals surface area contributed by atoms with Gasteiger partial charge in [0.15, 0.2) is 0 Å². The first-order valence-corrected chi connectivity index (χ1v) is 9.70. The van der Waals surface area contributed by atoms with Crippen molar-refractivity contribution >= 4 is 5.95 Å². The molecule has 1 N–H and O–H groups in total. The van der Waals surface area contributed by atoms with Crippen molar-refractivity contribution < 1.29 is 9.84 Å². The lowest BCUT2D eigenvalue weighted by molar-refractivity contribution is 0.0306. The minimum absolute atomic E-state index is 0.00980. The number of morpholine rings is 1. The number of piperidine rings is 1. The Bertz CT molecular complexity index is 594. The summed E-state index contributed by atoms with van der Waals surface area (Å²) in [6, 6.07) is 0. The van der Waals surface area contributed by atoms with Crippen molar-refractivity contribution in [2.75, 3.05) is 50.9 Å². The van der Waals surface area contributed by atoms with E-state index in [2.05, 4.69) is 39.7 Å². The first kappa shape index (κ1) is 19.3. The van der Waals surface area contributed by atoms with E-state index in [-0.39, 0.29) is 12.0 Å². The second-order valence-corrected chi connectivity index (χ2v) is 7.95. The summed E-state index contributed by atoms with van der Waals surface area (Å²) in [6.07, 6.45) is 9.33. The highest BCUT2D eigenvalue weighted by atomic mass is 16.5. The third-order valence-electron chi connectivity index (χ3n) is 5.41. The molecule has 6 heteroatoms. The molecule has 2 saturated heterocycles. The number of likely N-dealkylation sites (tertiary alicyclic amines) is 1. The summed E-state index contributed by atoms with van der Waals surface area (Å²) in [6.45, 7) is 10.5. The minimum atomic E-state index is -0.00980. The van der Waals surface area contributed by atoms with Gasteiger partial charge in [0, 0.05) is 49.6 Å². The second-order valence-electron chi connectivity index (χ2n) is 7.95. The van der Waals surface area contributed by atoms with E-state index < -0.39 is 0 Å². The van der Waals surface area contributed by atoms with Crippen molar-refractivity contribution in [2.24, 2.45) is 5.41 Å². The van der Waals surface area contributed by atoms with Crippen LogP contribution in [0.3, 0.4) is 0 Å². The average Bonchev–Trinajstić information content (AvgIpc) is 2.68. The largest absolute Gasteiger partial charge is 0.396 e. The van der Waals surface area contributed by atoms with Gasteiger partial charge >= 0.3 is 0 Å². The van der Waals surface area contributed by atoms with E-state index in [9.17, 15) is 5.11 Å². The summed E-state index contributed by atoms with van der Waals surface area (Å²) in [5.74, 6) is 0.795. The fourth-order valence-corrected chi connectivity index (χ4v) is 3.84. The van der Waals surface area contributed by atoms with Crippen LogP contribution in [0.5, 0.6) is 0 Å². The van der Waals surface area contributed by atoms with E-state index in [1.54, 1.807) is 0 Å². The molecule has 144 valence electrons. The standard InChI is InChI=1S/C20H32N4O2/c1-17(2)4-6-20(16-25)5-3-7-23(15-20)14-18-12-21-19(22-13-18)24-8-10-26-11-9-24/h4,12-13,25H,3,5-11,14-16H2,1-2H3/t20-/m1/s1. The fraction of sp³-hybridized carbons (Fsp3) is 0.700. The Balaban J connectivity index is 1.60. The summed E-state index contributed by atoms with van der Waals surface area (Å²) in [7, 11) is 0. The number of rotatable bonds is 6. The van der Waals surface area contributed by atoms with Crippen LogP contribution >= 0.6 is 0 Å². The quantitative estimate of drug-likeness (QED) is 0.785. The van der Waals surface area contributed by atoms with Crippen LogP contribution in [0.4, 0.5) is 5.95 Å². The lowest BCUT2D eigenvalue weighted by atomic mass is 9.77. The maximum absolute atomic E-state index is 10.0. The molecule has 2 aliphatic heterocycles. The van der Waals surface area contributed by atoms with E-state index in [1.807, 2.05) is 12.4 Å². The van der Waals surface area contributed by atoms with Gasteiger partial charge in [0.05, 0.1) is 19.8 Å². The highest BCUT2D eigenvalue weighted by molar-refractivity contribution is 5.30. The third-order valence-corrected chi connectivity index (χ3v) is 5.41. The molecule has 0 saturated carbocycles. The molecule has 6 nitrogen and oxygen atoms in total. The smallest absolute Gasteiger partial charge is 0.225 e. The lowest BCUT2D eigenvalue weighted by Crippen LogP contribution is -2.44. The monoisotopic (exact) mass is 360 g/mol. The van der Waals surface area contributed by atoms with Gasteiger partial charge in [-0.2, -0.15) is 0 Å². The summed E-state index contributed by atoms with van der Waals surface area (Å²) >= 11 is 0. The van der Waals surface area contributed by atoms with Gasteiger partial charge in [-0.3, -0.25) is 4.90 Å². The molecule has 0 amide bonds. The van der Waals surface area contributed by atoms with Gasteiger partial charge < -0.3 is 14.7 Å². The molecule has 0 spiro atoms. The van der Waals surface area contributed by atoms with Crippen molar-refractivity contribution in [1.82, 2.24) is 14.9 Å². The van der Waals surface area contributed by atoms with Crippen molar-refractivity contribution in [1.29, 1.82) is 0 Å². The second kappa shape index (κ2) is 8.93. The first-order chi connectivity index (χ1) is 12.6. The van der Waals surface area contributed by atoms with E-state index in [0.29, 0.717) is 0 Å². The number of nitrogens with zero attached hydrogens (tertiary/aromatic N) is 4. The number of ether oxygens (including phenoxy) is 1. The molecule has 0 aliphatic carbocycles. The van der Waals surface area contributed by atoms with Gasteiger partial charge in [0.1, 0.15) is 0 Å².